The van der Waals surface area contributed by atoms with E-state index in [1.165, 1.54) is 19.4 Å². The van der Waals surface area contributed by atoms with Crippen LogP contribution in [0.3, 0.4) is 0 Å². The van der Waals surface area contributed by atoms with Crippen LogP contribution in [0.25, 0.3) is 32.9 Å². The van der Waals surface area contributed by atoms with Crippen LogP contribution in [0.1, 0.15) is 67.9 Å². The van der Waals surface area contributed by atoms with Gasteiger partial charge in [-0.15, -0.1) is 0 Å². The lowest BCUT2D eigenvalue weighted by Crippen LogP contribution is -2.45. The summed E-state index contributed by atoms with van der Waals surface area (Å²) in [5.74, 6) is 1.14. The predicted octanol–water partition coefficient (Wildman–Crippen LogP) is 8.05. The number of hydrogen-bond acceptors (Lipinski definition) is 5. The van der Waals surface area contributed by atoms with Crippen LogP contribution in [-0.2, 0) is 16.0 Å². The minimum absolute atomic E-state index is 0.0932. The number of amides is 1. The van der Waals surface area contributed by atoms with Crippen molar-refractivity contribution >= 4 is 50.9 Å². The topological polar surface area (TPSA) is 94.0 Å². The zero-order valence-electron chi connectivity index (χ0n) is 26.6. The molecule has 4 bridgehead atoms. The maximum atomic E-state index is 16.5. The normalized spacial score (nSPS) is 27.2. The van der Waals surface area contributed by atoms with Crippen molar-refractivity contribution in [1.29, 1.82) is 5.26 Å². The Kier molecular flexibility index (Phi) is 7.95. The lowest BCUT2D eigenvalue weighted by molar-refractivity contribution is -0.139. The second-order valence-corrected chi connectivity index (χ2v) is 14.8. The first-order valence-corrected chi connectivity index (χ1v) is 17.6. The number of piperidine rings is 1. The maximum Gasteiger partial charge on any atom is 0.226 e. The molecule has 2 aromatic carbocycles. The van der Waals surface area contributed by atoms with Crippen LogP contribution in [0.4, 0.5) is 4.39 Å². The third-order valence-electron chi connectivity index (χ3n) is 11.2. The van der Waals surface area contributed by atoms with E-state index < -0.39 is 5.82 Å². The highest BCUT2D eigenvalue weighted by molar-refractivity contribution is 6.43. The summed E-state index contributed by atoms with van der Waals surface area (Å²) in [6, 6.07) is 12.3. The fraction of sp³-hybridized carbons (Fsp3) is 0.486. The summed E-state index contributed by atoms with van der Waals surface area (Å²) in [5, 5.41) is 14.9. The molecule has 244 valence electrons. The second-order valence-electron chi connectivity index (χ2n) is 14.1. The minimum atomic E-state index is -0.495. The highest BCUT2D eigenvalue weighted by atomic mass is 35.5. The zero-order valence-corrected chi connectivity index (χ0v) is 28.1. The monoisotopic (exact) mass is 673 g/mol. The molecule has 0 radical (unpaired) electrons. The summed E-state index contributed by atoms with van der Waals surface area (Å²) in [6.07, 6.45) is 7.30. The number of benzene rings is 2. The van der Waals surface area contributed by atoms with Crippen molar-refractivity contribution in [2.24, 2.45) is 17.8 Å². The van der Waals surface area contributed by atoms with Gasteiger partial charge in [0.1, 0.15) is 5.52 Å². The van der Waals surface area contributed by atoms with E-state index >= 15 is 4.39 Å². The Morgan fingerprint density at radius 1 is 1.17 bits per heavy atom. The second kappa shape index (κ2) is 12.0. The fourth-order valence-electron chi connectivity index (χ4n) is 8.64. The van der Waals surface area contributed by atoms with Gasteiger partial charge in [0.2, 0.25) is 5.91 Å². The molecule has 7 nitrogen and oxygen atoms in total. The Hall–Kier alpha value is -3.22. The number of nitrogens with one attached hydrogen (secondary N) is 2. The molecule has 47 heavy (non-hydrogen) atoms. The number of nitriles is 1. The van der Waals surface area contributed by atoms with Gasteiger partial charge in [0.15, 0.2) is 5.82 Å². The van der Waals surface area contributed by atoms with E-state index in [0.717, 1.165) is 54.2 Å². The molecule has 2 N–H and O–H groups in total. The Balaban J connectivity index is 0.000000480. The summed E-state index contributed by atoms with van der Waals surface area (Å²) in [7, 11) is 1.75. The molecule has 5 heterocycles. The molecule has 1 amide bonds. The number of halogens is 3. The summed E-state index contributed by atoms with van der Waals surface area (Å²) in [4.78, 5) is 23.9. The number of nitrogens with zero attached hydrogens (tertiary/aromatic N) is 3. The van der Waals surface area contributed by atoms with Crippen molar-refractivity contribution < 1.29 is 13.9 Å². The lowest BCUT2D eigenvalue weighted by atomic mass is 9.87. The number of aromatic nitrogens is 2. The van der Waals surface area contributed by atoms with E-state index in [1.807, 2.05) is 13.0 Å². The molecule has 4 atom stereocenters. The molecule has 4 unspecified atom stereocenters. The van der Waals surface area contributed by atoms with Gasteiger partial charge in [-0.25, -0.2) is 9.37 Å². The predicted molar refractivity (Wildman–Crippen MR) is 182 cm³/mol. The van der Waals surface area contributed by atoms with E-state index in [1.54, 1.807) is 25.3 Å². The highest BCUT2D eigenvalue weighted by Gasteiger charge is 2.56. The van der Waals surface area contributed by atoms with Crippen LogP contribution >= 0.6 is 23.2 Å². The van der Waals surface area contributed by atoms with Crippen molar-refractivity contribution in [3.05, 3.63) is 63.1 Å². The molecule has 3 saturated carbocycles. The van der Waals surface area contributed by atoms with Crippen molar-refractivity contribution in [3.63, 3.8) is 0 Å². The van der Waals surface area contributed by atoms with Gasteiger partial charge in [0, 0.05) is 70.7 Å². The fourth-order valence-corrected chi connectivity index (χ4v) is 9.03. The number of pyridine rings is 1. The number of ether oxygens (including phenoxy) is 1. The molecule has 0 spiro atoms. The van der Waals surface area contributed by atoms with E-state index in [9.17, 15) is 10.1 Å². The third kappa shape index (κ3) is 5.22. The van der Waals surface area contributed by atoms with Gasteiger partial charge in [-0.05, 0) is 88.1 Å². The Labute approximate surface area is 283 Å². The van der Waals surface area contributed by atoms with Gasteiger partial charge in [-0.2, -0.15) is 5.26 Å². The summed E-state index contributed by atoms with van der Waals surface area (Å²) in [5.41, 5.74) is 4.07. The first-order valence-electron chi connectivity index (χ1n) is 16.8. The van der Waals surface area contributed by atoms with Crippen molar-refractivity contribution in [2.45, 2.75) is 82.5 Å². The number of carbonyl (C=O) groups is 1. The average Bonchev–Trinajstić information content (AvgIpc) is 3.53. The number of aromatic amines is 1. The molecule has 10 heteroatoms. The van der Waals surface area contributed by atoms with Crippen LogP contribution < -0.4 is 5.32 Å². The largest absolute Gasteiger partial charge is 0.381 e. The summed E-state index contributed by atoms with van der Waals surface area (Å²) in [6.45, 7) is 3.19. The van der Waals surface area contributed by atoms with Gasteiger partial charge in [-0.1, -0.05) is 35.3 Å². The molecular weight excluding hydrogens is 636 g/mol. The van der Waals surface area contributed by atoms with E-state index in [-0.39, 0.29) is 52.9 Å². The number of H-pyrrole nitrogens is 1. The van der Waals surface area contributed by atoms with Crippen molar-refractivity contribution in [2.75, 3.05) is 13.7 Å². The Bertz CT molecular complexity index is 1930. The number of fused-ring (bicyclic) bond motifs is 6. The van der Waals surface area contributed by atoms with Crippen LogP contribution in [0.15, 0.2) is 30.3 Å². The average molecular weight is 675 g/mol. The van der Waals surface area contributed by atoms with E-state index in [2.05, 4.69) is 27.3 Å². The number of aryl methyl sites for hydroxylation is 2. The van der Waals surface area contributed by atoms with Gasteiger partial charge < -0.3 is 19.9 Å². The van der Waals surface area contributed by atoms with Crippen molar-refractivity contribution in [3.8, 4) is 17.2 Å². The molecule has 4 aromatic rings. The molecule has 3 saturated heterocycles. The summed E-state index contributed by atoms with van der Waals surface area (Å²) < 4.78 is 22.4. The number of hydrogen-bond donors (Lipinski definition) is 2. The quantitative estimate of drug-likeness (QED) is 0.216. The number of carbonyl (C=O) groups excluding carboxylic acids is 1. The number of likely N-dealkylation sites (tertiary alicyclic amines) is 1. The highest BCUT2D eigenvalue weighted by Crippen LogP contribution is 2.53. The lowest BCUT2D eigenvalue weighted by Gasteiger charge is -2.38. The zero-order chi connectivity index (χ0) is 32.6. The van der Waals surface area contributed by atoms with Crippen LogP contribution in [0.2, 0.25) is 10.0 Å². The standard InChI is InChI=1S/C32H29Cl2FN4O2.C5H9N/c1-15-20-14-24(31-21-12-18(13-25(21)41-2)39(31)32(40)16-8-9-16)38-29(20)22-11-17(5-4-10-36)26(28(35)30(22)37-15)19-6-3-7-23(33)27(19)34;1-4-2-5(1)6-3-4/h3,6-7,11,14,16,18,21,25,31,38H,4-5,8-9,12-13H2,1-2H3;4-6H,1-3H2. The van der Waals surface area contributed by atoms with Gasteiger partial charge in [-0.3, -0.25) is 4.79 Å². The van der Waals surface area contributed by atoms with E-state index in [0.29, 0.717) is 39.2 Å². The van der Waals surface area contributed by atoms with Crippen LogP contribution in [0, 0.1) is 41.8 Å². The smallest absolute Gasteiger partial charge is 0.226 e. The van der Waals surface area contributed by atoms with Crippen LogP contribution in [-0.4, -0.2) is 52.6 Å². The SMILES string of the molecule is C1NC2CC1C2.COC1CC2CC1C(c1cc3c(C)nc4c(F)c(-c5cccc(Cl)c5Cl)c(CCC#N)cc4c3[nH]1)N2C(=O)C1CC1. The first-order chi connectivity index (χ1) is 22.8. The Morgan fingerprint density at radius 2 is 1.98 bits per heavy atom. The van der Waals surface area contributed by atoms with Gasteiger partial charge in [0.25, 0.3) is 0 Å². The molecular formula is C37H38Cl2FN5O2. The molecule has 10 rings (SSSR count). The molecule has 6 aliphatic rings. The molecule has 2 aromatic heterocycles. The molecule has 6 fully saturated rings. The third-order valence-corrected chi connectivity index (χ3v) is 12.0. The summed E-state index contributed by atoms with van der Waals surface area (Å²) >= 11 is 12.8. The van der Waals surface area contributed by atoms with E-state index in [4.69, 9.17) is 32.9 Å². The Morgan fingerprint density at radius 3 is 2.64 bits per heavy atom. The maximum absolute atomic E-state index is 16.5. The van der Waals surface area contributed by atoms with Crippen molar-refractivity contribution in [1.82, 2.24) is 20.2 Å². The number of rotatable bonds is 6. The number of methoxy groups -OCH3 is 1. The molecule has 3 aliphatic carbocycles. The molecule has 3 aliphatic heterocycles. The van der Waals surface area contributed by atoms with Gasteiger partial charge in [0.05, 0.1) is 33.8 Å². The van der Waals surface area contributed by atoms with Crippen LogP contribution in [0.5, 0.6) is 0 Å². The van der Waals surface area contributed by atoms with Gasteiger partial charge >= 0.3 is 0 Å². The first kappa shape index (κ1) is 31.1. The minimum Gasteiger partial charge on any atom is -0.381 e.